The molecular weight excluding hydrogens is 438 g/mol. The van der Waals surface area contributed by atoms with E-state index in [2.05, 4.69) is 15.9 Å². The summed E-state index contributed by atoms with van der Waals surface area (Å²) in [5, 5.41) is 9.46. The molecule has 2 aromatic rings. The first-order chi connectivity index (χ1) is 13.0. The highest BCUT2D eigenvalue weighted by atomic mass is 79.9. The number of nitriles is 1. The van der Waals surface area contributed by atoms with Gasteiger partial charge in [-0.25, -0.2) is 0 Å². The number of nitrogens with zero attached hydrogens (tertiary/aromatic N) is 1. The minimum atomic E-state index is -0.505. The van der Waals surface area contributed by atoms with Crippen molar-refractivity contribution in [1.82, 2.24) is 0 Å². The molecule has 0 radical (unpaired) electrons. The number of halogens is 2. The predicted molar refractivity (Wildman–Crippen MR) is 102 cm³/mol. The lowest BCUT2D eigenvalue weighted by Crippen LogP contribution is -2.17. The van der Waals surface area contributed by atoms with E-state index in [9.17, 15) is 4.79 Å². The second-order valence-electron chi connectivity index (χ2n) is 5.58. The van der Waals surface area contributed by atoms with Crippen LogP contribution in [0.5, 0.6) is 23.0 Å². The molecule has 0 aliphatic carbocycles. The zero-order valence-electron chi connectivity index (χ0n) is 14.4. The maximum Gasteiger partial charge on any atom is 0.315 e. The fourth-order valence-electron chi connectivity index (χ4n) is 2.58. The van der Waals surface area contributed by atoms with E-state index in [4.69, 9.17) is 35.8 Å². The largest absolute Gasteiger partial charge is 0.490 e. The van der Waals surface area contributed by atoms with Crippen LogP contribution in [0.15, 0.2) is 28.7 Å². The fourth-order valence-corrected chi connectivity index (χ4v) is 3.39. The maximum absolute atomic E-state index is 12.4. The van der Waals surface area contributed by atoms with Gasteiger partial charge in [-0.3, -0.25) is 4.79 Å². The van der Waals surface area contributed by atoms with Crippen molar-refractivity contribution < 1.29 is 23.7 Å². The summed E-state index contributed by atoms with van der Waals surface area (Å²) in [6.07, 6.45) is -0.0195. The number of fused-ring (bicyclic) bond motifs is 1. The van der Waals surface area contributed by atoms with Crippen molar-refractivity contribution in [3.8, 4) is 29.1 Å². The average molecular weight is 453 g/mol. The topological polar surface area (TPSA) is 77.8 Å². The predicted octanol–water partition coefficient (Wildman–Crippen LogP) is 4.29. The summed E-state index contributed by atoms with van der Waals surface area (Å²) in [6.45, 7) is 3.02. The number of hydrogen-bond acceptors (Lipinski definition) is 6. The Bertz CT molecular complexity index is 925. The highest BCUT2D eigenvalue weighted by Gasteiger charge is 2.20. The highest BCUT2D eigenvalue weighted by Crippen LogP contribution is 2.39. The molecule has 27 heavy (non-hydrogen) atoms. The summed E-state index contributed by atoms with van der Waals surface area (Å²) in [5.41, 5.74) is 1.03. The summed E-state index contributed by atoms with van der Waals surface area (Å²) < 4.78 is 22.4. The first kappa shape index (κ1) is 19.3. The molecule has 2 aromatic carbocycles. The van der Waals surface area contributed by atoms with Gasteiger partial charge in [0.2, 0.25) is 0 Å². The highest BCUT2D eigenvalue weighted by molar-refractivity contribution is 9.10. The quantitative estimate of drug-likeness (QED) is 0.497. The van der Waals surface area contributed by atoms with E-state index in [0.29, 0.717) is 57.7 Å². The SMILES string of the molecule is CCOc1cc(C#N)cc(Br)c1OC(=O)Cc1cc(Cl)c2c(c1)OCCO2. The Hall–Kier alpha value is -2.43. The number of carbonyl (C=O) groups is 1. The van der Waals surface area contributed by atoms with Gasteiger partial charge in [0.25, 0.3) is 0 Å². The van der Waals surface area contributed by atoms with Crippen molar-refractivity contribution >= 4 is 33.5 Å². The normalized spacial score (nSPS) is 12.2. The van der Waals surface area contributed by atoms with Crippen LogP contribution in [-0.4, -0.2) is 25.8 Å². The molecule has 0 saturated heterocycles. The monoisotopic (exact) mass is 451 g/mol. The number of rotatable bonds is 5. The Morgan fingerprint density at radius 1 is 1.30 bits per heavy atom. The van der Waals surface area contributed by atoms with Crippen molar-refractivity contribution in [3.63, 3.8) is 0 Å². The molecule has 3 rings (SSSR count). The van der Waals surface area contributed by atoms with E-state index in [1.54, 1.807) is 25.1 Å². The minimum Gasteiger partial charge on any atom is -0.490 e. The Labute approximate surface area is 169 Å². The zero-order valence-corrected chi connectivity index (χ0v) is 16.7. The maximum atomic E-state index is 12.4. The van der Waals surface area contributed by atoms with Gasteiger partial charge >= 0.3 is 5.97 Å². The van der Waals surface area contributed by atoms with Gasteiger partial charge in [-0.05, 0) is 46.6 Å². The summed E-state index contributed by atoms with van der Waals surface area (Å²) in [4.78, 5) is 12.4. The Morgan fingerprint density at radius 3 is 2.81 bits per heavy atom. The molecule has 1 aliphatic heterocycles. The van der Waals surface area contributed by atoms with Crippen molar-refractivity contribution in [2.45, 2.75) is 13.3 Å². The second kappa shape index (κ2) is 8.51. The molecule has 8 heteroatoms. The van der Waals surface area contributed by atoms with Crippen LogP contribution >= 0.6 is 27.5 Å². The molecule has 0 spiro atoms. The molecule has 0 aromatic heterocycles. The molecule has 0 saturated carbocycles. The van der Waals surface area contributed by atoms with Crippen molar-refractivity contribution in [2.24, 2.45) is 0 Å². The number of benzene rings is 2. The first-order valence-corrected chi connectivity index (χ1v) is 9.34. The van der Waals surface area contributed by atoms with Crippen LogP contribution in [0.2, 0.25) is 5.02 Å². The first-order valence-electron chi connectivity index (χ1n) is 8.17. The van der Waals surface area contributed by atoms with Gasteiger partial charge in [0, 0.05) is 6.07 Å². The second-order valence-corrected chi connectivity index (χ2v) is 6.84. The molecule has 140 valence electrons. The Kier molecular flexibility index (Phi) is 6.09. The van der Waals surface area contributed by atoms with Crippen molar-refractivity contribution in [3.05, 3.63) is 44.9 Å². The van der Waals surface area contributed by atoms with Crippen LogP contribution in [0.4, 0.5) is 0 Å². The van der Waals surface area contributed by atoms with E-state index in [1.165, 1.54) is 6.07 Å². The van der Waals surface area contributed by atoms with Crippen LogP contribution in [0.25, 0.3) is 0 Å². The minimum absolute atomic E-state index is 0.0195. The number of carbonyl (C=O) groups excluding carboxylic acids is 1. The standard InChI is InChI=1S/C19H15BrClNO5/c1-2-24-15-8-12(10-22)5-13(20)18(15)27-17(23)9-11-6-14(21)19-16(7-11)25-3-4-26-19/h5-8H,2-4,9H2,1H3. The summed E-state index contributed by atoms with van der Waals surface area (Å²) in [7, 11) is 0. The van der Waals surface area contributed by atoms with Gasteiger partial charge in [0.15, 0.2) is 23.0 Å². The summed E-state index contributed by atoms with van der Waals surface area (Å²) >= 11 is 9.52. The molecule has 0 amide bonds. The van der Waals surface area contributed by atoms with Gasteiger partial charge in [-0.15, -0.1) is 0 Å². The lowest BCUT2D eigenvalue weighted by atomic mass is 10.1. The van der Waals surface area contributed by atoms with E-state index in [1.807, 2.05) is 6.07 Å². The Balaban J connectivity index is 1.80. The summed E-state index contributed by atoms with van der Waals surface area (Å²) in [5.74, 6) is 1.02. The van der Waals surface area contributed by atoms with Crippen LogP contribution in [0, 0.1) is 11.3 Å². The van der Waals surface area contributed by atoms with Gasteiger partial charge in [-0.2, -0.15) is 5.26 Å². The van der Waals surface area contributed by atoms with E-state index in [0.717, 1.165) is 0 Å². The lowest BCUT2D eigenvalue weighted by Gasteiger charge is -2.20. The van der Waals surface area contributed by atoms with Crippen LogP contribution in [-0.2, 0) is 11.2 Å². The molecular formula is C19H15BrClNO5. The van der Waals surface area contributed by atoms with Crippen LogP contribution in [0.3, 0.4) is 0 Å². The van der Waals surface area contributed by atoms with Crippen molar-refractivity contribution in [2.75, 3.05) is 19.8 Å². The average Bonchev–Trinajstić information content (AvgIpc) is 2.64. The third-order valence-corrected chi connectivity index (χ3v) is 4.53. The lowest BCUT2D eigenvalue weighted by molar-refractivity contribution is -0.133. The van der Waals surface area contributed by atoms with E-state index < -0.39 is 5.97 Å². The molecule has 1 aliphatic rings. The van der Waals surface area contributed by atoms with E-state index in [-0.39, 0.29) is 12.2 Å². The molecule has 0 atom stereocenters. The van der Waals surface area contributed by atoms with Gasteiger partial charge in [0.1, 0.15) is 13.2 Å². The summed E-state index contributed by atoms with van der Waals surface area (Å²) in [6, 6.07) is 8.47. The number of ether oxygens (including phenoxy) is 4. The third kappa shape index (κ3) is 4.46. The molecule has 6 nitrogen and oxygen atoms in total. The molecule has 0 N–H and O–H groups in total. The Morgan fingerprint density at radius 2 is 2.07 bits per heavy atom. The third-order valence-electron chi connectivity index (χ3n) is 3.66. The van der Waals surface area contributed by atoms with E-state index >= 15 is 0 Å². The molecule has 1 heterocycles. The van der Waals surface area contributed by atoms with Gasteiger partial charge in [0.05, 0.1) is 34.2 Å². The molecule has 0 bridgehead atoms. The smallest absolute Gasteiger partial charge is 0.315 e. The fraction of sp³-hybridized carbons (Fsp3) is 0.263. The molecule has 0 unspecified atom stereocenters. The van der Waals surface area contributed by atoms with Crippen LogP contribution < -0.4 is 18.9 Å². The van der Waals surface area contributed by atoms with Crippen LogP contribution in [0.1, 0.15) is 18.1 Å². The molecule has 0 fully saturated rings. The van der Waals surface area contributed by atoms with Gasteiger partial charge < -0.3 is 18.9 Å². The number of esters is 1. The zero-order chi connectivity index (χ0) is 19.4. The number of hydrogen-bond donors (Lipinski definition) is 0. The van der Waals surface area contributed by atoms with Crippen molar-refractivity contribution in [1.29, 1.82) is 5.26 Å². The van der Waals surface area contributed by atoms with Gasteiger partial charge in [-0.1, -0.05) is 11.6 Å².